The number of hydrogen-bond acceptors (Lipinski definition) is 3. The van der Waals surface area contributed by atoms with Crippen LogP contribution in [0, 0.1) is 5.92 Å². The van der Waals surface area contributed by atoms with Gasteiger partial charge in [-0.15, -0.1) is 0 Å². The highest BCUT2D eigenvalue weighted by Crippen LogP contribution is 2.22. The Kier molecular flexibility index (Phi) is 5.16. The number of esters is 1. The monoisotopic (exact) mass is 236 g/mol. The molecular weight excluding hydrogens is 216 g/mol. The molecule has 0 spiro atoms. The SMILES string of the molecule is CCc1ccc(C(O)CC(C)C(=O)OC)cc1. The first kappa shape index (κ1) is 13.7. The van der Waals surface area contributed by atoms with Gasteiger partial charge in [0.15, 0.2) is 0 Å². The van der Waals surface area contributed by atoms with Gasteiger partial charge in [0, 0.05) is 0 Å². The van der Waals surface area contributed by atoms with Crippen LogP contribution in [0.3, 0.4) is 0 Å². The second-order valence-electron chi connectivity index (χ2n) is 4.27. The van der Waals surface area contributed by atoms with Gasteiger partial charge in [-0.3, -0.25) is 4.79 Å². The highest BCUT2D eigenvalue weighted by atomic mass is 16.5. The second kappa shape index (κ2) is 6.40. The van der Waals surface area contributed by atoms with Gasteiger partial charge in [0.2, 0.25) is 0 Å². The van der Waals surface area contributed by atoms with Crippen molar-refractivity contribution in [3.8, 4) is 0 Å². The molecule has 0 aliphatic carbocycles. The van der Waals surface area contributed by atoms with Crippen LogP contribution >= 0.6 is 0 Å². The first-order valence-corrected chi connectivity index (χ1v) is 5.93. The van der Waals surface area contributed by atoms with E-state index in [1.54, 1.807) is 6.92 Å². The van der Waals surface area contributed by atoms with Gasteiger partial charge in [0.05, 0.1) is 19.1 Å². The normalized spacial score (nSPS) is 14.1. The molecule has 0 bridgehead atoms. The van der Waals surface area contributed by atoms with Crippen molar-refractivity contribution in [2.45, 2.75) is 32.8 Å². The highest BCUT2D eigenvalue weighted by Gasteiger charge is 2.18. The molecule has 0 saturated carbocycles. The minimum absolute atomic E-state index is 0.283. The first-order chi connectivity index (χ1) is 8.08. The summed E-state index contributed by atoms with van der Waals surface area (Å²) < 4.78 is 4.64. The summed E-state index contributed by atoms with van der Waals surface area (Å²) in [4.78, 5) is 11.2. The van der Waals surface area contributed by atoms with Crippen molar-refractivity contribution in [1.29, 1.82) is 0 Å². The van der Waals surface area contributed by atoms with Crippen LogP contribution in [0.25, 0.3) is 0 Å². The average molecular weight is 236 g/mol. The van der Waals surface area contributed by atoms with Gasteiger partial charge in [-0.1, -0.05) is 38.1 Å². The lowest BCUT2D eigenvalue weighted by Crippen LogP contribution is -2.16. The number of benzene rings is 1. The molecule has 0 aromatic heterocycles. The maximum Gasteiger partial charge on any atom is 0.308 e. The lowest BCUT2D eigenvalue weighted by molar-refractivity contribution is -0.145. The molecule has 17 heavy (non-hydrogen) atoms. The Bertz CT molecular complexity index is 356. The largest absolute Gasteiger partial charge is 0.469 e. The van der Waals surface area contributed by atoms with Crippen LogP contribution in [0.2, 0.25) is 0 Å². The molecule has 1 aromatic carbocycles. The van der Waals surface area contributed by atoms with E-state index in [-0.39, 0.29) is 11.9 Å². The Balaban J connectivity index is 2.62. The zero-order valence-electron chi connectivity index (χ0n) is 10.6. The number of methoxy groups -OCH3 is 1. The van der Waals surface area contributed by atoms with Gasteiger partial charge in [0.25, 0.3) is 0 Å². The number of carbonyl (C=O) groups is 1. The summed E-state index contributed by atoms with van der Waals surface area (Å²) in [5.41, 5.74) is 2.08. The van der Waals surface area contributed by atoms with Crippen molar-refractivity contribution in [3.05, 3.63) is 35.4 Å². The molecule has 2 unspecified atom stereocenters. The van der Waals surface area contributed by atoms with Gasteiger partial charge >= 0.3 is 5.97 Å². The predicted molar refractivity (Wildman–Crippen MR) is 66.6 cm³/mol. The Hall–Kier alpha value is -1.35. The summed E-state index contributed by atoms with van der Waals surface area (Å²) in [5, 5.41) is 9.99. The summed E-state index contributed by atoms with van der Waals surface area (Å²) >= 11 is 0. The number of aliphatic hydroxyl groups is 1. The molecule has 2 atom stereocenters. The van der Waals surface area contributed by atoms with E-state index in [0.29, 0.717) is 6.42 Å². The topological polar surface area (TPSA) is 46.5 Å². The summed E-state index contributed by atoms with van der Waals surface area (Å²) in [6.07, 6.45) is 0.752. The van der Waals surface area contributed by atoms with Crippen LogP contribution in [-0.2, 0) is 16.0 Å². The molecule has 3 nitrogen and oxygen atoms in total. The number of hydrogen-bond donors (Lipinski definition) is 1. The van der Waals surface area contributed by atoms with Crippen LogP contribution < -0.4 is 0 Å². The molecule has 1 N–H and O–H groups in total. The molecular formula is C14H20O3. The van der Waals surface area contributed by atoms with E-state index in [4.69, 9.17) is 0 Å². The lowest BCUT2D eigenvalue weighted by Gasteiger charge is -2.15. The van der Waals surface area contributed by atoms with Gasteiger partial charge in [-0.05, 0) is 24.0 Å². The molecule has 0 radical (unpaired) electrons. The number of carbonyl (C=O) groups excluding carboxylic acids is 1. The third-order valence-electron chi connectivity index (χ3n) is 2.95. The van der Waals surface area contributed by atoms with Crippen molar-refractivity contribution >= 4 is 5.97 Å². The number of aliphatic hydroxyl groups excluding tert-OH is 1. The summed E-state index contributed by atoms with van der Waals surface area (Å²) in [7, 11) is 1.36. The molecule has 1 rings (SSSR count). The lowest BCUT2D eigenvalue weighted by atomic mass is 9.97. The Labute approximate surface area is 102 Å². The van der Waals surface area contributed by atoms with Crippen LogP contribution in [0.1, 0.15) is 37.5 Å². The molecule has 0 aliphatic heterocycles. The third-order valence-corrected chi connectivity index (χ3v) is 2.95. The van der Waals surface area contributed by atoms with E-state index >= 15 is 0 Å². The standard InChI is InChI=1S/C14H20O3/c1-4-11-5-7-12(8-6-11)13(15)9-10(2)14(16)17-3/h5-8,10,13,15H,4,9H2,1-3H3. The van der Waals surface area contributed by atoms with Crippen molar-refractivity contribution in [3.63, 3.8) is 0 Å². The first-order valence-electron chi connectivity index (χ1n) is 5.93. The van der Waals surface area contributed by atoms with Gasteiger partial charge < -0.3 is 9.84 Å². The zero-order valence-corrected chi connectivity index (χ0v) is 10.6. The molecule has 94 valence electrons. The molecule has 0 amide bonds. The minimum atomic E-state index is -0.616. The van der Waals surface area contributed by atoms with Crippen molar-refractivity contribution in [2.24, 2.45) is 5.92 Å². The molecule has 0 saturated heterocycles. The van der Waals surface area contributed by atoms with Crippen molar-refractivity contribution in [2.75, 3.05) is 7.11 Å². The van der Waals surface area contributed by atoms with E-state index in [9.17, 15) is 9.90 Å². The van der Waals surface area contributed by atoms with E-state index in [2.05, 4.69) is 11.7 Å². The van der Waals surface area contributed by atoms with Crippen molar-refractivity contribution in [1.82, 2.24) is 0 Å². The zero-order chi connectivity index (χ0) is 12.8. The van der Waals surface area contributed by atoms with E-state index in [0.717, 1.165) is 12.0 Å². The Morgan fingerprint density at radius 1 is 1.35 bits per heavy atom. The second-order valence-corrected chi connectivity index (χ2v) is 4.27. The fourth-order valence-corrected chi connectivity index (χ4v) is 1.74. The third kappa shape index (κ3) is 3.86. The molecule has 0 heterocycles. The molecule has 0 fully saturated rings. The number of aryl methyl sites for hydroxylation is 1. The number of ether oxygens (including phenoxy) is 1. The van der Waals surface area contributed by atoms with Gasteiger partial charge in [-0.2, -0.15) is 0 Å². The van der Waals surface area contributed by atoms with Crippen molar-refractivity contribution < 1.29 is 14.6 Å². The predicted octanol–water partition coefficient (Wildman–Crippen LogP) is 2.48. The maximum absolute atomic E-state index is 11.2. The Morgan fingerprint density at radius 2 is 1.94 bits per heavy atom. The molecule has 1 aromatic rings. The van der Waals surface area contributed by atoms with Gasteiger partial charge in [0.1, 0.15) is 0 Å². The Morgan fingerprint density at radius 3 is 2.41 bits per heavy atom. The van der Waals surface area contributed by atoms with Crippen LogP contribution in [0.15, 0.2) is 24.3 Å². The highest BCUT2D eigenvalue weighted by molar-refractivity contribution is 5.71. The van der Waals surface area contributed by atoms with Crippen LogP contribution in [0.4, 0.5) is 0 Å². The summed E-state index contributed by atoms with van der Waals surface area (Å²) in [6.45, 7) is 3.85. The van der Waals surface area contributed by atoms with E-state index < -0.39 is 6.10 Å². The van der Waals surface area contributed by atoms with Crippen LogP contribution in [-0.4, -0.2) is 18.2 Å². The van der Waals surface area contributed by atoms with Crippen LogP contribution in [0.5, 0.6) is 0 Å². The average Bonchev–Trinajstić information content (AvgIpc) is 2.37. The van der Waals surface area contributed by atoms with Gasteiger partial charge in [-0.25, -0.2) is 0 Å². The molecule has 0 aliphatic rings. The fourth-order valence-electron chi connectivity index (χ4n) is 1.74. The minimum Gasteiger partial charge on any atom is -0.469 e. The number of rotatable bonds is 5. The fraction of sp³-hybridized carbons (Fsp3) is 0.500. The van der Waals surface area contributed by atoms with E-state index in [1.165, 1.54) is 12.7 Å². The smallest absolute Gasteiger partial charge is 0.308 e. The van der Waals surface area contributed by atoms with E-state index in [1.807, 2.05) is 24.3 Å². The summed E-state index contributed by atoms with van der Waals surface area (Å²) in [5.74, 6) is -0.574. The maximum atomic E-state index is 11.2. The summed E-state index contributed by atoms with van der Waals surface area (Å²) in [6, 6.07) is 7.82. The molecule has 3 heteroatoms. The quantitative estimate of drug-likeness (QED) is 0.799.